The minimum absolute atomic E-state index is 0.160. The van der Waals surface area contributed by atoms with E-state index >= 15 is 0 Å². The van der Waals surface area contributed by atoms with Crippen molar-refractivity contribution in [2.75, 3.05) is 6.61 Å². The molecule has 1 amide bonds. The van der Waals surface area contributed by atoms with Crippen molar-refractivity contribution in [3.63, 3.8) is 0 Å². The summed E-state index contributed by atoms with van der Waals surface area (Å²) in [7, 11) is 0. The summed E-state index contributed by atoms with van der Waals surface area (Å²) in [5.74, 6) is 0.219. The van der Waals surface area contributed by atoms with Gasteiger partial charge in [0.15, 0.2) is 0 Å². The zero-order valence-corrected chi connectivity index (χ0v) is 12.8. The van der Waals surface area contributed by atoms with Gasteiger partial charge < -0.3 is 15.2 Å². The number of carbonyl (C=O) groups is 1. The highest BCUT2D eigenvalue weighted by Gasteiger charge is 2.20. The monoisotopic (exact) mass is 312 g/mol. The number of benzene rings is 1. The summed E-state index contributed by atoms with van der Waals surface area (Å²) >= 11 is 0. The van der Waals surface area contributed by atoms with Crippen LogP contribution in [0, 0.1) is 0 Å². The van der Waals surface area contributed by atoms with Gasteiger partial charge in [-0.2, -0.15) is 0 Å². The first-order chi connectivity index (χ1) is 11.3. The molecule has 1 aliphatic rings. The predicted molar refractivity (Wildman–Crippen MR) is 86.2 cm³/mol. The van der Waals surface area contributed by atoms with E-state index in [9.17, 15) is 9.90 Å². The molecule has 1 unspecified atom stereocenters. The molecule has 1 aliphatic carbocycles. The molecule has 120 valence electrons. The summed E-state index contributed by atoms with van der Waals surface area (Å²) in [6.07, 6.45) is 5.05. The molecule has 1 fully saturated rings. The third-order valence-electron chi connectivity index (χ3n) is 4.03. The highest BCUT2D eigenvalue weighted by atomic mass is 16.5. The Balaban J connectivity index is 1.68. The minimum Gasteiger partial charge on any atom is -0.474 e. The Hall–Kier alpha value is -2.40. The van der Waals surface area contributed by atoms with Crippen molar-refractivity contribution in [2.24, 2.45) is 0 Å². The summed E-state index contributed by atoms with van der Waals surface area (Å²) in [5.41, 5.74) is 1.34. The van der Waals surface area contributed by atoms with Gasteiger partial charge in [0.05, 0.1) is 12.6 Å². The molecule has 1 saturated carbocycles. The van der Waals surface area contributed by atoms with Crippen LogP contribution >= 0.6 is 0 Å². The molecular formula is C18H20N2O3. The van der Waals surface area contributed by atoms with E-state index in [0.717, 1.165) is 18.4 Å². The van der Waals surface area contributed by atoms with Crippen LogP contribution in [0.25, 0.3) is 0 Å². The number of carbonyl (C=O) groups excluding carboxylic acids is 1. The second-order valence-electron chi connectivity index (χ2n) is 5.67. The maximum absolute atomic E-state index is 12.4. The number of aliphatic hydroxyl groups excluding tert-OH is 1. The van der Waals surface area contributed by atoms with Gasteiger partial charge in [-0.15, -0.1) is 0 Å². The lowest BCUT2D eigenvalue weighted by Crippen LogP contribution is -2.31. The smallest absolute Gasteiger partial charge is 0.252 e. The fraction of sp³-hybridized carbons (Fsp3) is 0.333. The molecule has 0 radical (unpaired) electrons. The van der Waals surface area contributed by atoms with Gasteiger partial charge >= 0.3 is 0 Å². The molecule has 0 aliphatic heterocycles. The number of aromatic nitrogens is 1. The van der Waals surface area contributed by atoms with Gasteiger partial charge in [0, 0.05) is 17.8 Å². The Labute approximate surface area is 135 Å². The first kappa shape index (κ1) is 15.5. The molecule has 2 aromatic rings. The number of nitrogens with zero attached hydrogens (tertiary/aromatic N) is 1. The molecule has 1 heterocycles. The standard InChI is InChI=1S/C18H20N2O3/c21-12-16(13-5-2-1-3-6-13)20-18(22)14-9-10-19-17(11-14)23-15-7-4-8-15/h1-3,5-6,9-11,15-16,21H,4,7-8,12H2,(H,20,22). The van der Waals surface area contributed by atoms with Crippen LogP contribution in [0.4, 0.5) is 0 Å². The van der Waals surface area contributed by atoms with Crippen molar-refractivity contribution < 1.29 is 14.6 Å². The topological polar surface area (TPSA) is 71.5 Å². The van der Waals surface area contributed by atoms with Crippen LogP contribution in [0.2, 0.25) is 0 Å². The van der Waals surface area contributed by atoms with Crippen molar-refractivity contribution in [1.29, 1.82) is 0 Å². The summed E-state index contributed by atoms with van der Waals surface area (Å²) < 4.78 is 5.72. The Kier molecular flexibility index (Phi) is 4.88. The average Bonchev–Trinajstić information content (AvgIpc) is 2.57. The molecule has 2 N–H and O–H groups in total. The van der Waals surface area contributed by atoms with Gasteiger partial charge in [-0.25, -0.2) is 4.98 Å². The molecule has 0 spiro atoms. The molecule has 23 heavy (non-hydrogen) atoms. The predicted octanol–water partition coefficient (Wildman–Crippen LogP) is 2.48. The first-order valence-corrected chi connectivity index (χ1v) is 7.85. The van der Waals surface area contributed by atoms with Crippen molar-refractivity contribution in [2.45, 2.75) is 31.4 Å². The Morgan fingerprint density at radius 3 is 2.74 bits per heavy atom. The number of rotatable bonds is 6. The molecule has 5 nitrogen and oxygen atoms in total. The van der Waals surface area contributed by atoms with Crippen LogP contribution < -0.4 is 10.1 Å². The van der Waals surface area contributed by atoms with Crippen molar-refractivity contribution in [3.05, 3.63) is 59.8 Å². The average molecular weight is 312 g/mol. The number of ether oxygens (including phenoxy) is 1. The lowest BCUT2D eigenvalue weighted by atomic mass is 9.96. The summed E-state index contributed by atoms with van der Waals surface area (Å²) in [6.45, 7) is -0.160. The van der Waals surface area contributed by atoms with Crippen molar-refractivity contribution in [3.8, 4) is 5.88 Å². The molecule has 0 bridgehead atoms. The molecule has 0 saturated heterocycles. The van der Waals surface area contributed by atoms with Crippen LogP contribution in [0.3, 0.4) is 0 Å². The van der Waals surface area contributed by atoms with Crippen LogP contribution in [0.5, 0.6) is 5.88 Å². The van der Waals surface area contributed by atoms with Gasteiger partial charge in [-0.1, -0.05) is 30.3 Å². The zero-order chi connectivity index (χ0) is 16.1. The normalized spacial score (nSPS) is 15.5. The molecule has 1 atom stereocenters. The molecule has 5 heteroatoms. The van der Waals surface area contributed by atoms with Crippen molar-refractivity contribution in [1.82, 2.24) is 10.3 Å². The van der Waals surface area contributed by atoms with Gasteiger partial charge in [0.2, 0.25) is 5.88 Å². The third-order valence-corrected chi connectivity index (χ3v) is 4.03. The van der Waals surface area contributed by atoms with Crippen LogP contribution in [0.1, 0.15) is 41.2 Å². The van der Waals surface area contributed by atoms with E-state index in [1.807, 2.05) is 30.3 Å². The van der Waals surface area contributed by atoms with E-state index in [1.54, 1.807) is 18.3 Å². The number of hydrogen-bond acceptors (Lipinski definition) is 4. The van der Waals surface area contributed by atoms with Gasteiger partial charge in [-0.3, -0.25) is 4.79 Å². The molecule has 3 rings (SSSR count). The maximum atomic E-state index is 12.4. The number of amides is 1. The highest BCUT2D eigenvalue weighted by molar-refractivity contribution is 5.94. The first-order valence-electron chi connectivity index (χ1n) is 7.85. The zero-order valence-electron chi connectivity index (χ0n) is 12.8. The summed E-state index contributed by atoms with van der Waals surface area (Å²) in [4.78, 5) is 16.6. The van der Waals surface area contributed by atoms with Crippen LogP contribution in [-0.2, 0) is 0 Å². The minimum atomic E-state index is -0.437. The van der Waals surface area contributed by atoms with Crippen LogP contribution in [0.15, 0.2) is 48.7 Å². The fourth-order valence-electron chi connectivity index (χ4n) is 2.44. The lowest BCUT2D eigenvalue weighted by Gasteiger charge is -2.25. The largest absolute Gasteiger partial charge is 0.474 e. The van der Waals surface area contributed by atoms with E-state index in [2.05, 4.69) is 10.3 Å². The molecular weight excluding hydrogens is 292 g/mol. The number of nitrogens with one attached hydrogen (secondary N) is 1. The fourth-order valence-corrected chi connectivity index (χ4v) is 2.44. The van der Waals surface area contributed by atoms with Gasteiger partial charge in [0.1, 0.15) is 6.10 Å². The van der Waals surface area contributed by atoms with Crippen molar-refractivity contribution >= 4 is 5.91 Å². The van der Waals surface area contributed by atoms with E-state index in [4.69, 9.17) is 4.74 Å². The number of aliphatic hydroxyl groups is 1. The van der Waals surface area contributed by atoms with E-state index in [-0.39, 0.29) is 18.6 Å². The number of pyridine rings is 1. The summed E-state index contributed by atoms with van der Waals surface area (Å²) in [6, 6.07) is 12.2. The van der Waals surface area contributed by atoms with Gasteiger partial charge in [-0.05, 0) is 30.9 Å². The third kappa shape index (κ3) is 3.87. The Bertz CT molecular complexity index is 656. The second kappa shape index (κ2) is 7.24. The van der Waals surface area contributed by atoms with E-state index in [0.29, 0.717) is 11.4 Å². The second-order valence-corrected chi connectivity index (χ2v) is 5.67. The van der Waals surface area contributed by atoms with Crippen LogP contribution in [-0.4, -0.2) is 28.7 Å². The summed E-state index contributed by atoms with van der Waals surface area (Å²) in [5, 5.41) is 12.4. The quantitative estimate of drug-likeness (QED) is 0.859. The Morgan fingerprint density at radius 2 is 2.09 bits per heavy atom. The number of hydrogen-bond donors (Lipinski definition) is 2. The van der Waals surface area contributed by atoms with E-state index in [1.165, 1.54) is 6.42 Å². The molecule has 1 aromatic carbocycles. The van der Waals surface area contributed by atoms with Gasteiger partial charge in [0.25, 0.3) is 5.91 Å². The Morgan fingerprint density at radius 1 is 1.30 bits per heavy atom. The highest BCUT2D eigenvalue weighted by Crippen LogP contribution is 2.24. The SMILES string of the molecule is O=C(NC(CO)c1ccccc1)c1ccnc(OC2CCC2)c1. The molecule has 1 aromatic heterocycles. The van der Waals surface area contributed by atoms with E-state index < -0.39 is 6.04 Å². The maximum Gasteiger partial charge on any atom is 0.252 e. The lowest BCUT2D eigenvalue weighted by molar-refractivity contribution is 0.0912.